The summed E-state index contributed by atoms with van der Waals surface area (Å²) in [5, 5.41) is 3.45. The Kier molecular flexibility index (Phi) is 9.64. The number of nitrogens with one attached hydrogen (secondary N) is 1. The third-order valence-corrected chi connectivity index (χ3v) is 5.28. The quantitative estimate of drug-likeness (QED) is 0.368. The zero-order chi connectivity index (χ0) is 19.9. The molecule has 0 aromatic heterocycles. The van der Waals surface area contributed by atoms with Crippen LogP contribution >= 0.6 is 24.0 Å². The Labute approximate surface area is 191 Å². The van der Waals surface area contributed by atoms with Gasteiger partial charge >= 0.3 is 0 Å². The molecule has 162 valence electrons. The van der Waals surface area contributed by atoms with Crippen LogP contribution in [0.4, 0.5) is 0 Å². The minimum atomic E-state index is -0.223. The van der Waals surface area contributed by atoms with Crippen molar-refractivity contribution < 1.29 is 9.53 Å². The van der Waals surface area contributed by atoms with Crippen LogP contribution in [0.2, 0.25) is 0 Å². The van der Waals surface area contributed by atoms with Gasteiger partial charge in [-0.3, -0.25) is 9.79 Å². The molecular formula is C21H34IN5O2. The van der Waals surface area contributed by atoms with Crippen molar-refractivity contribution in [1.29, 1.82) is 0 Å². The Balaban J connectivity index is 0.00000300. The number of guanidine groups is 1. The summed E-state index contributed by atoms with van der Waals surface area (Å²) in [5.74, 6) is 1.04. The van der Waals surface area contributed by atoms with E-state index >= 15 is 0 Å². The van der Waals surface area contributed by atoms with Gasteiger partial charge in [-0.15, -0.1) is 24.0 Å². The average Bonchev–Trinajstić information content (AvgIpc) is 3.24. The van der Waals surface area contributed by atoms with Gasteiger partial charge in [-0.1, -0.05) is 24.3 Å². The van der Waals surface area contributed by atoms with E-state index < -0.39 is 0 Å². The number of nitrogens with zero attached hydrogens (tertiary/aromatic N) is 4. The first-order valence-electron chi connectivity index (χ1n) is 10.2. The lowest BCUT2D eigenvalue weighted by atomic mass is 10.1. The number of hydrogen-bond acceptors (Lipinski definition) is 4. The van der Waals surface area contributed by atoms with E-state index in [1.54, 1.807) is 0 Å². The van der Waals surface area contributed by atoms with Crippen LogP contribution in [0.25, 0.3) is 0 Å². The van der Waals surface area contributed by atoms with Gasteiger partial charge in [0.25, 0.3) is 5.91 Å². The van der Waals surface area contributed by atoms with E-state index in [0.717, 1.165) is 58.1 Å². The molecule has 29 heavy (non-hydrogen) atoms. The lowest BCUT2D eigenvalue weighted by Crippen LogP contribution is -2.55. The van der Waals surface area contributed by atoms with E-state index in [0.29, 0.717) is 6.61 Å². The number of aliphatic imine (C=N–C) groups is 1. The largest absolute Gasteiger partial charge is 0.368 e. The predicted octanol–water partition coefficient (Wildman–Crippen LogP) is 1.76. The molecule has 1 aromatic rings. The highest BCUT2D eigenvalue weighted by molar-refractivity contribution is 14.0. The molecule has 1 aromatic carbocycles. The van der Waals surface area contributed by atoms with Gasteiger partial charge in [-0.25, -0.2) is 0 Å². The maximum Gasteiger partial charge on any atom is 0.251 e. The van der Waals surface area contributed by atoms with Gasteiger partial charge in [-0.05, 0) is 38.1 Å². The highest BCUT2D eigenvalue weighted by Crippen LogP contribution is 2.16. The molecule has 2 fully saturated rings. The third kappa shape index (κ3) is 6.82. The molecule has 1 N–H and O–H groups in total. The molecule has 7 nitrogen and oxygen atoms in total. The Morgan fingerprint density at radius 3 is 2.31 bits per heavy atom. The van der Waals surface area contributed by atoms with Crippen molar-refractivity contribution in [3.8, 4) is 0 Å². The molecule has 0 bridgehead atoms. The highest BCUT2D eigenvalue weighted by atomic mass is 127. The fraction of sp³-hybridized carbons (Fsp3) is 0.619. The van der Waals surface area contributed by atoms with Gasteiger partial charge in [0.05, 0.1) is 0 Å². The van der Waals surface area contributed by atoms with Crippen molar-refractivity contribution in [2.45, 2.75) is 32.0 Å². The van der Waals surface area contributed by atoms with Gasteiger partial charge in [-0.2, -0.15) is 0 Å². The van der Waals surface area contributed by atoms with Gasteiger partial charge in [0.15, 0.2) is 5.96 Å². The van der Waals surface area contributed by atoms with E-state index in [9.17, 15) is 4.79 Å². The molecular weight excluding hydrogens is 481 g/mol. The van der Waals surface area contributed by atoms with E-state index in [1.807, 2.05) is 11.9 Å². The number of benzene rings is 1. The molecule has 1 amide bonds. The van der Waals surface area contributed by atoms with E-state index in [1.165, 1.54) is 11.1 Å². The van der Waals surface area contributed by atoms with Crippen molar-refractivity contribution in [2.75, 3.05) is 53.9 Å². The average molecular weight is 515 g/mol. The minimum Gasteiger partial charge on any atom is -0.368 e. The van der Waals surface area contributed by atoms with Crippen molar-refractivity contribution in [3.63, 3.8) is 0 Å². The number of rotatable bonds is 5. The number of amides is 1. The van der Waals surface area contributed by atoms with Crippen molar-refractivity contribution in [1.82, 2.24) is 20.0 Å². The summed E-state index contributed by atoms with van der Waals surface area (Å²) in [5.41, 5.74) is 2.54. The lowest BCUT2D eigenvalue weighted by Gasteiger charge is -2.37. The Bertz CT molecular complexity index is 666. The molecule has 1 atom stereocenters. The van der Waals surface area contributed by atoms with Crippen molar-refractivity contribution >= 4 is 35.8 Å². The Morgan fingerprint density at radius 1 is 1.14 bits per heavy atom. The fourth-order valence-corrected chi connectivity index (χ4v) is 3.76. The maximum atomic E-state index is 12.5. The zero-order valence-electron chi connectivity index (χ0n) is 17.8. The molecule has 2 saturated heterocycles. The minimum absolute atomic E-state index is 0. The third-order valence-electron chi connectivity index (χ3n) is 5.28. The number of carbonyl (C=O) groups is 1. The lowest BCUT2D eigenvalue weighted by molar-refractivity contribution is -0.142. The van der Waals surface area contributed by atoms with Crippen LogP contribution in [-0.2, 0) is 22.6 Å². The number of ether oxygens (including phenoxy) is 1. The van der Waals surface area contributed by atoms with E-state index in [-0.39, 0.29) is 36.0 Å². The second-order valence-corrected chi connectivity index (χ2v) is 7.77. The summed E-state index contributed by atoms with van der Waals surface area (Å²) >= 11 is 0. The zero-order valence-corrected chi connectivity index (χ0v) is 20.1. The number of piperazine rings is 1. The molecule has 0 spiro atoms. The van der Waals surface area contributed by atoms with Gasteiger partial charge < -0.3 is 24.8 Å². The second-order valence-electron chi connectivity index (χ2n) is 7.77. The smallest absolute Gasteiger partial charge is 0.251 e. The predicted molar refractivity (Wildman–Crippen MR) is 127 cm³/mol. The van der Waals surface area contributed by atoms with Crippen LogP contribution in [0.3, 0.4) is 0 Å². The summed E-state index contributed by atoms with van der Waals surface area (Å²) in [6.45, 7) is 5.42. The number of hydrogen-bond donors (Lipinski definition) is 1. The first kappa shape index (κ1) is 23.9. The number of halogens is 1. The fourth-order valence-electron chi connectivity index (χ4n) is 3.76. The van der Waals surface area contributed by atoms with Crippen LogP contribution in [-0.4, -0.2) is 86.6 Å². The monoisotopic (exact) mass is 515 g/mol. The van der Waals surface area contributed by atoms with Gasteiger partial charge in [0, 0.05) is 52.9 Å². The summed E-state index contributed by atoms with van der Waals surface area (Å²) in [6, 6.07) is 8.68. The van der Waals surface area contributed by atoms with Crippen LogP contribution in [0, 0.1) is 0 Å². The molecule has 2 heterocycles. The SMILES string of the molecule is CN=C(NCc1ccc(CN(C)C)cc1)N1CCN(C(=O)C2CCCO2)CC1.I. The van der Waals surface area contributed by atoms with Crippen LogP contribution in [0.1, 0.15) is 24.0 Å². The Hall–Kier alpha value is -1.39. The van der Waals surface area contributed by atoms with Gasteiger partial charge in [0.1, 0.15) is 6.10 Å². The molecule has 1 unspecified atom stereocenters. The summed E-state index contributed by atoms with van der Waals surface area (Å²) < 4.78 is 5.54. The Morgan fingerprint density at radius 2 is 1.76 bits per heavy atom. The van der Waals surface area contributed by atoms with Gasteiger partial charge in [0.2, 0.25) is 0 Å². The van der Waals surface area contributed by atoms with Crippen molar-refractivity contribution in [2.24, 2.45) is 4.99 Å². The standard InChI is InChI=1S/C21H33N5O2.HI/c1-22-21(23-15-17-6-8-18(9-7-17)16-24(2)3)26-12-10-25(11-13-26)20(27)19-5-4-14-28-19;/h6-9,19H,4-5,10-16H2,1-3H3,(H,22,23);1H. The molecule has 2 aliphatic heterocycles. The molecule has 3 rings (SSSR count). The van der Waals surface area contributed by atoms with Crippen molar-refractivity contribution in [3.05, 3.63) is 35.4 Å². The first-order valence-corrected chi connectivity index (χ1v) is 10.2. The summed E-state index contributed by atoms with van der Waals surface area (Å²) in [7, 11) is 5.97. The summed E-state index contributed by atoms with van der Waals surface area (Å²) in [4.78, 5) is 23.2. The summed E-state index contributed by atoms with van der Waals surface area (Å²) in [6.07, 6.45) is 1.62. The molecule has 8 heteroatoms. The normalized spacial score (nSPS) is 20.0. The van der Waals surface area contributed by atoms with E-state index in [2.05, 4.69) is 58.5 Å². The van der Waals surface area contributed by atoms with Crippen LogP contribution in [0.5, 0.6) is 0 Å². The molecule has 0 radical (unpaired) electrons. The number of carbonyl (C=O) groups excluding carboxylic acids is 1. The highest BCUT2D eigenvalue weighted by Gasteiger charge is 2.30. The molecule has 0 saturated carbocycles. The maximum absolute atomic E-state index is 12.5. The van der Waals surface area contributed by atoms with Crippen LogP contribution in [0.15, 0.2) is 29.3 Å². The molecule has 0 aliphatic carbocycles. The molecule has 2 aliphatic rings. The van der Waals surface area contributed by atoms with Crippen LogP contribution < -0.4 is 5.32 Å². The van der Waals surface area contributed by atoms with E-state index in [4.69, 9.17) is 4.74 Å². The second kappa shape index (κ2) is 11.7. The topological polar surface area (TPSA) is 60.4 Å². The first-order chi connectivity index (χ1) is 13.6.